The fraction of sp³-hybridized carbons (Fsp3) is 0.929. The van der Waals surface area contributed by atoms with Gasteiger partial charge in [-0.05, 0) is 32.1 Å². The number of carbonyl (C=O) groups is 1. The number of hydrogen-bond acceptors (Lipinski definition) is 3. The molecule has 0 aromatic heterocycles. The van der Waals surface area contributed by atoms with Gasteiger partial charge >= 0.3 is 0 Å². The maximum absolute atomic E-state index is 12.3. The Morgan fingerprint density at radius 3 is 2.67 bits per heavy atom. The normalized spacial score (nSPS) is 24.6. The predicted molar refractivity (Wildman–Crippen MR) is 73.1 cm³/mol. The van der Waals surface area contributed by atoms with Crippen molar-refractivity contribution in [2.45, 2.75) is 57.4 Å². The molecule has 3 N–H and O–H groups in total. The Bertz CT molecular complexity index is 246. The van der Waals surface area contributed by atoms with Gasteiger partial charge in [-0.1, -0.05) is 19.3 Å². The summed E-state index contributed by atoms with van der Waals surface area (Å²) in [5, 5.41) is 8.71. The number of carbonyl (C=O) groups excluding carboxylic acids is 1. The summed E-state index contributed by atoms with van der Waals surface area (Å²) in [6.45, 7) is 1.02. The smallest absolute Gasteiger partial charge is 0.226 e. The zero-order valence-corrected chi connectivity index (χ0v) is 11.6. The Hall–Kier alpha value is -0.610. The van der Waals surface area contributed by atoms with E-state index in [-0.39, 0.29) is 24.5 Å². The zero-order valence-electron chi connectivity index (χ0n) is 11.6. The Morgan fingerprint density at radius 1 is 1.22 bits per heavy atom. The van der Waals surface area contributed by atoms with Gasteiger partial charge in [0.1, 0.15) is 0 Å². The van der Waals surface area contributed by atoms with Crippen LogP contribution in [0, 0.1) is 5.92 Å². The average Bonchev–Trinajstić information content (AvgIpc) is 2.58. The van der Waals surface area contributed by atoms with E-state index in [1.54, 1.807) is 0 Å². The van der Waals surface area contributed by atoms with Crippen LogP contribution in [0.5, 0.6) is 0 Å². The van der Waals surface area contributed by atoms with Gasteiger partial charge in [-0.25, -0.2) is 0 Å². The summed E-state index contributed by atoms with van der Waals surface area (Å²) >= 11 is 0. The first-order valence-corrected chi connectivity index (χ1v) is 7.28. The molecule has 4 heteroatoms. The number of hydrogen-bond donors (Lipinski definition) is 2. The minimum atomic E-state index is 0.0235. The van der Waals surface area contributed by atoms with Crippen molar-refractivity contribution in [3.63, 3.8) is 0 Å². The van der Waals surface area contributed by atoms with Gasteiger partial charge < -0.3 is 15.7 Å². The lowest BCUT2D eigenvalue weighted by molar-refractivity contribution is -0.135. The standard InChI is InChI=1S/C14H28N2O2/c1-16(10-6-3-7-11-17)14(18)12-8-4-2-5-9-13(12)15/h12-13,17H,2-11,15H2,1H3. The summed E-state index contributed by atoms with van der Waals surface area (Å²) in [6.07, 6.45) is 8.18. The second kappa shape index (κ2) is 8.48. The third-order valence-corrected chi connectivity index (χ3v) is 3.91. The van der Waals surface area contributed by atoms with Crippen LogP contribution in [0.1, 0.15) is 51.4 Å². The lowest BCUT2D eigenvalue weighted by Crippen LogP contribution is -2.42. The van der Waals surface area contributed by atoms with Gasteiger partial charge in [-0.3, -0.25) is 4.79 Å². The molecule has 2 unspecified atom stereocenters. The molecule has 106 valence electrons. The number of nitrogens with zero attached hydrogens (tertiary/aromatic N) is 1. The van der Waals surface area contributed by atoms with Crippen molar-refractivity contribution in [1.29, 1.82) is 0 Å². The zero-order chi connectivity index (χ0) is 13.4. The van der Waals surface area contributed by atoms with E-state index in [1.165, 1.54) is 6.42 Å². The highest BCUT2D eigenvalue weighted by molar-refractivity contribution is 5.79. The highest BCUT2D eigenvalue weighted by atomic mass is 16.2. The van der Waals surface area contributed by atoms with Gasteiger partial charge in [-0.2, -0.15) is 0 Å². The summed E-state index contributed by atoms with van der Waals surface area (Å²) in [7, 11) is 1.87. The first kappa shape index (κ1) is 15.4. The molecule has 0 aromatic rings. The Labute approximate surface area is 111 Å². The first-order chi connectivity index (χ1) is 8.66. The fourth-order valence-electron chi connectivity index (χ4n) is 2.67. The molecular formula is C14H28N2O2. The van der Waals surface area contributed by atoms with E-state index in [2.05, 4.69) is 0 Å². The molecule has 0 aliphatic heterocycles. The molecule has 0 radical (unpaired) electrons. The Kier molecular flexibility index (Phi) is 7.28. The van der Waals surface area contributed by atoms with Crippen molar-refractivity contribution in [3.8, 4) is 0 Å². The lowest BCUT2D eigenvalue weighted by atomic mass is 9.94. The topological polar surface area (TPSA) is 66.6 Å². The number of nitrogens with two attached hydrogens (primary N) is 1. The van der Waals surface area contributed by atoms with Crippen LogP contribution in [0.4, 0.5) is 0 Å². The molecule has 1 saturated carbocycles. The van der Waals surface area contributed by atoms with E-state index in [0.717, 1.165) is 51.5 Å². The highest BCUT2D eigenvalue weighted by Gasteiger charge is 2.28. The number of aliphatic hydroxyl groups is 1. The van der Waals surface area contributed by atoms with Crippen LogP contribution < -0.4 is 5.73 Å². The molecule has 1 rings (SSSR count). The van der Waals surface area contributed by atoms with Crippen LogP contribution in [0.3, 0.4) is 0 Å². The number of rotatable bonds is 6. The third-order valence-electron chi connectivity index (χ3n) is 3.91. The summed E-state index contributed by atoms with van der Waals surface area (Å²) in [4.78, 5) is 14.1. The first-order valence-electron chi connectivity index (χ1n) is 7.28. The third kappa shape index (κ3) is 4.94. The second-order valence-electron chi connectivity index (χ2n) is 5.45. The molecule has 0 heterocycles. The van der Waals surface area contributed by atoms with Gasteiger partial charge in [-0.15, -0.1) is 0 Å². The molecule has 1 aliphatic rings. The van der Waals surface area contributed by atoms with Crippen molar-refractivity contribution in [2.24, 2.45) is 11.7 Å². The molecule has 1 amide bonds. The number of unbranched alkanes of at least 4 members (excludes halogenated alkanes) is 2. The molecule has 4 nitrogen and oxygen atoms in total. The lowest BCUT2D eigenvalue weighted by Gasteiger charge is -2.26. The highest BCUT2D eigenvalue weighted by Crippen LogP contribution is 2.23. The van der Waals surface area contributed by atoms with Crippen molar-refractivity contribution in [2.75, 3.05) is 20.2 Å². The summed E-state index contributed by atoms with van der Waals surface area (Å²) in [5.74, 6) is 0.240. The average molecular weight is 256 g/mol. The second-order valence-corrected chi connectivity index (χ2v) is 5.45. The largest absolute Gasteiger partial charge is 0.396 e. The molecule has 0 bridgehead atoms. The van der Waals surface area contributed by atoms with Crippen LogP contribution in [0.2, 0.25) is 0 Å². The Morgan fingerprint density at radius 2 is 1.94 bits per heavy atom. The molecule has 18 heavy (non-hydrogen) atoms. The van der Waals surface area contributed by atoms with Crippen LogP contribution >= 0.6 is 0 Å². The number of aliphatic hydroxyl groups excluding tert-OH is 1. The maximum atomic E-state index is 12.3. The summed E-state index contributed by atoms with van der Waals surface area (Å²) in [5.41, 5.74) is 6.11. The van der Waals surface area contributed by atoms with Crippen LogP contribution in [-0.4, -0.2) is 42.2 Å². The van der Waals surface area contributed by atoms with Crippen molar-refractivity contribution >= 4 is 5.91 Å². The van der Waals surface area contributed by atoms with Gasteiger partial charge in [0, 0.05) is 26.2 Å². The minimum Gasteiger partial charge on any atom is -0.396 e. The molecule has 0 saturated heterocycles. The van der Waals surface area contributed by atoms with Gasteiger partial charge in [0.25, 0.3) is 0 Å². The quantitative estimate of drug-likeness (QED) is 0.559. The van der Waals surface area contributed by atoms with Crippen LogP contribution in [-0.2, 0) is 4.79 Å². The van der Waals surface area contributed by atoms with Crippen molar-refractivity contribution in [3.05, 3.63) is 0 Å². The van der Waals surface area contributed by atoms with E-state index in [9.17, 15) is 4.79 Å². The molecule has 1 fully saturated rings. The molecule has 0 spiro atoms. The van der Waals surface area contributed by atoms with E-state index in [4.69, 9.17) is 10.8 Å². The Balaban J connectivity index is 2.36. The van der Waals surface area contributed by atoms with Gasteiger partial charge in [0.15, 0.2) is 0 Å². The van der Waals surface area contributed by atoms with Crippen LogP contribution in [0.25, 0.3) is 0 Å². The molecule has 2 atom stereocenters. The monoisotopic (exact) mass is 256 g/mol. The molecular weight excluding hydrogens is 228 g/mol. The fourth-order valence-corrected chi connectivity index (χ4v) is 2.67. The molecule has 0 aromatic carbocycles. The van der Waals surface area contributed by atoms with E-state index >= 15 is 0 Å². The van der Waals surface area contributed by atoms with E-state index in [1.807, 2.05) is 11.9 Å². The van der Waals surface area contributed by atoms with Crippen molar-refractivity contribution < 1.29 is 9.90 Å². The minimum absolute atomic E-state index is 0.0235. The van der Waals surface area contributed by atoms with Crippen molar-refractivity contribution in [1.82, 2.24) is 4.90 Å². The predicted octanol–water partition coefficient (Wildman–Crippen LogP) is 1.51. The van der Waals surface area contributed by atoms with Crippen LogP contribution in [0.15, 0.2) is 0 Å². The SMILES string of the molecule is CN(CCCCCO)C(=O)C1CCCCCC1N. The van der Waals surface area contributed by atoms with E-state index in [0.29, 0.717) is 0 Å². The van der Waals surface area contributed by atoms with Gasteiger partial charge in [0.05, 0.1) is 5.92 Å². The summed E-state index contributed by atoms with van der Waals surface area (Å²) in [6, 6.07) is 0.0416. The number of amides is 1. The summed E-state index contributed by atoms with van der Waals surface area (Å²) < 4.78 is 0. The van der Waals surface area contributed by atoms with E-state index < -0.39 is 0 Å². The molecule has 1 aliphatic carbocycles. The van der Waals surface area contributed by atoms with Gasteiger partial charge in [0.2, 0.25) is 5.91 Å². The maximum Gasteiger partial charge on any atom is 0.226 e.